The molecule has 136 valence electrons. The average Bonchev–Trinajstić information content (AvgIpc) is 3.10. The molecule has 1 aliphatic rings. The summed E-state index contributed by atoms with van der Waals surface area (Å²) in [6.45, 7) is 11.8. The maximum absolute atomic E-state index is 11.9. The van der Waals surface area contributed by atoms with Crippen LogP contribution in [0.1, 0.15) is 54.9 Å². The van der Waals surface area contributed by atoms with Crippen LogP contribution in [-0.4, -0.2) is 24.2 Å². The van der Waals surface area contributed by atoms with Crippen LogP contribution in [-0.2, 0) is 0 Å². The number of amides is 1. The number of hydrogen-bond donors (Lipinski definition) is 1. The largest absolute Gasteiger partial charge is 0.459 e. The number of carbonyl (C=O) groups is 1. The van der Waals surface area contributed by atoms with E-state index in [1.165, 1.54) is 23.1 Å². The molecule has 1 aromatic carbocycles. The maximum atomic E-state index is 11.9. The van der Waals surface area contributed by atoms with Crippen LogP contribution in [0.15, 0.2) is 46.1 Å². The molecule has 0 atom stereocenters. The Morgan fingerprint density at radius 1 is 1.35 bits per heavy atom. The summed E-state index contributed by atoms with van der Waals surface area (Å²) in [5.74, 6) is -0.124. The van der Waals surface area contributed by atoms with Gasteiger partial charge in [-0.2, -0.15) is 5.10 Å². The van der Waals surface area contributed by atoms with Crippen molar-refractivity contribution < 1.29 is 9.21 Å². The quantitative estimate of drug-likeness (QED) is 0.657. The van der Waals surface area contributed by atoms with Crippen molar-refractivity contribution in [2.45, 2.75) is 40.2 Å². The summed E-state index contributed by atoms with van der Waals surface area (Å²) in [5, 5.41) is 4.08. The van der Waals surface area contributed by atoms with Crippen molar-refractivity contribution in [2.75, 3.05) is 11.4 Å². The number of likely N-dealkylation sites (N-methyl/N-ethyl adjacent to an activating group) is 1. The first-order chi connectivity index (χ1) is 12.3. The predicted octanol–water partition coefficient (Wildman–Crippen LogP) is 4.37. The second kappa shape index (κ2) is 6.83. The van der Waals surface area contributed by atoms with Gasteiger partial charge in [0.05, 0.1) is 18.0 Å². The second-order valence-electron chi connectivity index (χ2n) is 7.13. The Morgan fingerprint density at radius 2 is 2.12 bits per heavy atom. The highest BCUT2D eigenvalue weighted by Crippen LogP contribution is 2.39. The van der Waals surface area contributed by atoms with Gasteiger partial charge in [-0.05, 0) is 75.6 Å². The molecule has 1 aromatic heterocycles. The molecule has 1 amide bonds. The zero-order valence-electron chi connectivity index (χ0n) is 16.0. The third-order valence-corrected chi connectivity index (χ3v) is 4.80. The van der Waals surface area contributed by atoms with Crippen molar-refractivity contribution >= 4 is 23.4 Å². The van der Waals surface area contributed by atoms with E-state index in [0.717, 1.165) is 17.7 Å². The van der Waals surface area contributed by atoms with Crippen molar-refractivity contribution in [3.05, 3.63) is 59.1 Å². The molecule has 3 rings (SSSR count). The van der Waals surface area contributed by atoms with Gasteiger partial charge in [-0.15, -0.1) is 0 Å². The fourth-order valence-electron chi connectivity index (χ4n) is 3.58. The number of aryl methyl sites for hydroxylation is 1. The number of hydrogen-bond acceptors (Lipinski definition) is 4. The van der Waals surface area contributed by atoms with E-state index in [2.05, 4.69) is 68.3 Å². The van der Waals surface area contributed by atoms with Crippen LogP contribution in [0.4, 0.5) is 5.69 Å². The third kappa shape index (κ3) is 3.29. The molecule has 2 heterocycles. The Kier molecular flexibility index (Phi) is 4.72. The van der Waals surface area contributed by atoms with Crippen molar-refractivity contribution in [1.82, 2.24) is 5.43 Å². The minimum Gasteiger partial charge on any atom is -0.459 e. The molecular formula is C21H25N3O2. The number of nitrogens with one attached hydrogen (secondary N) is 1. The highest BCUT2D eigenvalue weighted by Gasteiger charge is 2.30. The molecule has 1 aliphatic heterocycles. The number of carbonyl (C=O) groups excluding carboxylic acids is 1. The van der Waals surface area contributed by atoms with Gasteiger partial charge in [0.25, 0.3) is 0 Å². The lowest BCUT2D eigenvalue weighted by Crippen LogP contribution is -2.45. The summed E-state index contributed by atoms with van der Waals surface area (Å²) in [4.78, 5) is 14.3. The number of allylic oxidation sites excluding steroid dienone is 1. The van der Waals surface area contributed by atoms with E-state index >= 15 is 0 Å². The van der Waals surface area contributed by atoms with Crippen LogP contribution in [0.2, 0.25) is 0 Å². The number of benzene rings is 1. The summed E-state index contributed by atoms with van der Waals surface area (Å²) in [7, 11) is 0. The van der Waals surface area contributed by atoms with Gasteiger partial charge in [-0.3, -0.25) is 4.79 Å². The van der Waals surface area contributed by atoms with Crippen molar-refractivity contribution in [3.63, 3.8) is 0 Å². The molecule has 0 saturated carbocycles. The minimum atomic E-state index is -0.364. The lowest BCUT2D eigenvalue weighted by Gasteiger charge is -2.43. The molecule has 0 saturated heterocycles. The first-order valence-electron chi connectivity index (χ1n) is 8.82. The summed E-state index contributed by atoms with van der Waals surface area (Å²) >= 11 is 0. The SMILES string of the molecule is CCN1c2cc(C)c(/C=N\NC(=O)c3ccco3)cc2C(C)=CC1(C)C. The summed E-state index contributed by atoms with van der Waals surface area (Å²) in [6.07, 6.45) is 5.44. The molecule has 0 fully saturated rings. The van der Waals surface area contributed by atoms with E-state index < -0.39 is 0 Å². The van der Waals surface area contributed by atoms with Crippen LogP contribution < -0.4 is 10.3 Å². The highest BCUT2D eigenvalue weighted by molar-refractivity contribution is 5.93. The average molecular weight is 351 g/mol. The van der Waals surface area contributed by atoms with Crippen LogP contribution >= 0.6 is 0 Å². The molecule has 1 N–H and O–H groups in total. The second-order valence-corrected chi connectivity index (χ2v) is 7.13. The monoisotopic (exact) mass is 351 g/mol. The molecule has 5 heteroatoms. The number of anilines is 1. The Hall–Kier alpha value is -2.82. The standard InChI is InChI=1S/C21H25N3O2/c1-6-24-18-10-14(2)16(11-17(18)15(3)12-21(24,4)5)13-22-23-20(25)19-8-7-9-26-19/h7-13H,6H2,1-5H3,(H,23,25)/b22-13-. The number of fused-ring (bicyclic) bond motifs is 1. The van der Waals surface area contributed by atoms with E-state index in [1.807, 2.05) is 0 Å². The smallest absolute Gasteiger partial charge is 0.307 e. The topological polar surface area (TPSA) is 57.8 Å². The van der Waals surface area contributed by atoms with Gasteiger partial charge in [0.1, 0.15) is 0 Å². The van der Waals surface area contributed by atoms with Crippen LogP contribution in [0.3, 0.4) is 0 Å². The van der Waals surface area contributed by atoms with E-state index in [0.29, 0.717) is 0 Å². The van der Waals surface area contributed by atoms with Crippen LogP contribution in [0.25, 0.3) is 5.57 Å². The van der Waals surface area contributed by atoms with Crippen molar-refractivity contribution in [1.29, 1.82) is 0 Å². The van der Waals surface area contributed by atoms with Gasteiger partial charge in [-0.1, -0.05) is 6.08 Å². The Morgan fingerprint density at radius 3 is 2.77 bits per heavy atom. The van der Waals surface area contributed by atoms with E-state index in [-0.39, 0.29) is 17.2 Å². The lowest BCUT2D eigenvalue weighted by molar-refractivity contribution is 0.0927. The molecule has 26 heavy (non-hydrogen) atoms. The molecule has 0 spiro atoms. The maximum Gasteiger partial charge on any atom is 0.307 e. The molecule has 5 nitrogen and oxygen atoms in total. The Bertz CT molecular complexity index is 877. The highest BCUT2D eigenvalue weighted by atomic mass is 16.3. The van der Waals surface area contributed by atoms with Gasteiger partial charge >= 0.3 is 5.91 Å². The summed E-state index contributed by atoms with van der Waals surface area (Å²) in [5.41, 5.74) is 8.28. The van der Waals surface area contributed by atoms with Gasteiger partial charge in [0.15, 0.2) is 5.76 Å². The van der Waals surface area contributed by atoms with Gasteiger partial charge < -0.3 is 9.32 Å². The first-order valence-corrected chi connectivity index (χ1v) is 8.82. The fourth-order valence-corrected chi connectivity index (χ4v) is 3.58. The molecule has 0 bridgehead atoms. The summed E-state index contributed by atoms with van der Waals surface area (Å²) < 4.78 is 5.05. The van der Waals surface area contributed by atoms with Gasteiger partial charge in [0, 0.05) is 17.8 Å². The number of furan rings is 1. The van der Waals surface area contributed by atoms with Gasteiger partial charge in [0.2, 0.25) is 0 Å². The van der Waals surface area contributed by atoms with E-state index in [4.69, 9.17) is 4.42 Å². The van der Waals surface area contributed by atoms with E-state index in [9.17, 15) is 4.79 Å². The summed E-state index contributed by atoms with van der Waals surface area (Å²) in [6, 6.07) is 7.61. The minimum absolute atomic E-state index is 0.00903. The fraction of sp³-hybridized carbons (Fsp3) is 0.333. The zero-order chi connectivity index (χ0) is 18.9. The molecule has 0 unspecified atom stereocenters. The number of nitrogens with zero attached hydrogens (tertiary/aromatic N) is 2. The van der Waals surface area contributed by atoms with Crippen LogP contribution in [0.5, 0.6) is 0 Å². The Balaban J connectivity index is 1.88. The molecule has 2 aromatic rings. The molecule has 0 aliphatic carbocycles. The first kappa shape index (κ1) is 18.0. The number of rotatable bonds is 4. The van der Waals surface area contributed by atoms with E-state index in [1.54, 1.807) is 18.3 Å². The van der Waals surface area contributed by atoms with Crippen molar-refractivity contribution in [3.8, 4) is 0 Å². The number of hydrazone groups is 1. The molecule has 0 radical (unpaired) electrons. The third-order valence-electron chi connectivity index (χ3n) is 4.80. The van der Waals surface area contributed by atoms with Gasteiger partial charge in [-0.25, -0.2) is 5.43 Å². The van der Waals surface area contributed by atoms with Crippen molar-refractivity contribution in [2.24, 2.45) is 5.10 Å². The normalized spacial score (nSPS) is 15.7. The Labute approximate surface area is 154 Å². The lowest BCUT2D eigenvalue weighted by atomic mass is 9.87. The van der Waals surface area contributed by atoms with Crippen LogP contribution in [0, 0.1) is 6.92 Å². The zero-order valence-corrected chi connectivity index (χ0v) is 16.0. The molecular weight excluding hydrogens is 326 g/mol. The predicted molar refractivity (Wildman–Crippen MR) is 106 cm³/mol.